The summed E-state index contributed by atoms with van der Waals surface area (Å²) in [5, 5.41) is 9.43. The third-order valence-electron chi connectivity index (χ3n) is 7.30. The number of hydrogen-bond acceptors (Lipinski definition) is 4. The lowest BCUT2D eigenvalue weighted by Crippen LogP contribution is -2.45. The van der Waals surface area contributed by atoms with E-state index >= 15 is 0 Å². The zero-order chi connectivity index (χ0) is 19.9. The summed E-state index contributed by atoms with van der Waals surface area (Å²) in [6, 6.07) is 0. The number of nitrogens with zero attached hydrogens (tertiary/aromatic N) is 3. The average Bonchev–Trinajstić information content (AvgIpc) is 3.16. The van der Waals surface area contributed by atoms with Crippen LogP contribution in [0.15, 0.2) is 9.59 Å². The lowest BCUT2D eigenvalue weighted by atomic mass is 9.52. The Labute approximate surface area is 164 Å². The van der Waals surface area contributed by atoms with Crippen molar-refractivity contribution < 1.29 is 5.11 Å². The van der Waals surface area contributed by atoms with Crippen molar-refractivity contribution in [2.75, 3.05) is 6.61 Å². The van der Waals surface area contributed by atoms with E-state index in [-0.39, 0.29) is 23.3 Å². The normalized spacial score (nSPS) is 27.0. The fourth-order valence-electron chi connectivity index (χ4n) is 5.49. The van der Waals surface area contributed by atoms with Crippen molar-refractivity contribution >= 4 is 11.2 Å². The topological polar surface area (TPSA) is 92.9 Å². The van der Waals surface area contributed by atoms with Crippen molar-refractivity contribution in [2.24, 2.45) is 5.41 Å². The molecule has 154 valence electrons. The van der Waals surface area contributed by atoms with Gasteiger partial charge in [-0.3, -0.25) is 13.9 Å². The molecule has 2 aromatic heterocycles. The molecule has 0 aliphatic heterocycles. The molecule has 3 fully saturated rings. The first-order valence-corrected chi connectivity index (χ1v) is 10.8. The van der Waals surface area contributed by atoms with E-state index in [1.807, 2.05) is 13.8 Å². The van der Waals surface area contributed by atoms with Crippen LogP contribution in [0.4, 0.5) is 0 Å². The molecule has 0 aromatic carbocycles. The molecule has 2 bridgehead atoms. The lowest BCUT2D eigenvalue weighted by molar-refractivity contribution is 0.0160. The molecule has 3 aliphatic rings. The lowest BCUT2D eigenvalue weighted by Gasteiger charge is -2.52. The SMILES string of the molecule is CCCn1c(=O)c2[nH]c(C34CCC(CCO)(CC3)CC4)nc2n(CCC)c1=O. The average molecular weight is 389 g/mol. The summed E-state index contributed by atoms with van der Waals surface area (Å²) in [6.45, 7) is 5.26. The predicted molar refractivity (Wildman–Crippen MR) is 109 cm³/mol. The van der Waals surface area contributed by atoms with E-state index in [1.165, 1.54) is 4.57 Å². The van der Waals surface area contributed by atoms with Crippen molar-refractivity contribution in [1.82, 2.24) is 19.1 Å². The number of fused-ring (bicyclic) bond motifs is 4. The highest BCUT2D eigenvalue weighted by Crippen LogP contribution is 2.58. The van der Waals surface area contributed by atoms with Gasteiger partial charge in [0, 0.05) is 25.1 Å². The monoisotopic (exact) mass is 388 g/mol. The summed E-state index contributed by atoms with van der Waals surface area (Å²) in [4.78, 5) is 34.1. The van der Waals surface area contributed by atoms with Gasteiger partial charge >= 0.3 is 5.69 Å². The highest BCUT2D eigenvalue weighted by Gasteiger charge is 2.50. The molecule has 7 heteroatoms. The van der Waals surface area contributed by atoms with Gasteiger partial charge in [0.15, 0.2) is 5.65 Å². The number of imidazole rings is 1. The Morgan fingerprint density at radius 3 is 2.18 bits per heavy atom. The standard InChI is InChI=1S/C21H32N4O3/c1-3-12-24-16-15(17(27)25(13-4-2)19(24)28)22-18(23-16)21-8-5-20(6-9-21,7-10-21)11-14-26/h26H,3-14H2,1-2H3,(H,22,23). The molecule has 2 heterocycles. The number of nitrogens with one attached hydrogen (secondary N) is 1. The van der Waals surface area contributed by atoms with Crippen LogP contribution in [0.2, 0.25) is 0 Å². The van der Waals surface area contributed by atoms with Gasteiger partial charge in [0.25, 0.3) is 5.56 Å². The maximum Gasteiger partial charge on any atom is 0.332 e. The van der Waals surface area contributed by atoms with Crippen LogP contribution in [0.3, 0.4) is 0 Å². The smallest absolute Gasteiger partial charge is 0.332 e. The summed E-state index contributed by atoms with van der Waals surface area (Å²) < 4.78 is 3.02. The molecular weight excluding hydrogens is 356 g/mol. The summed E-state index contributed by atoms with van der Waals surface area (Å²) >= 11 is 0. The van der Waals surface area contributed by atoms with Crippen molar-refractivity contribution in [3.63, 3.8) is 0 Å². The molecule has 28 heavy (non-hydrogen) atoms. The highest BCUT2D eigenvalue weighted by molar-refractivity contribution is 5.70. The molecule has 2 N–H and O–H groups in total. The van der Waals surface area contributed by atoms with E-state index in [0.717, 1.165) is 63.6 Å². The van der Waals surface area contributed by atoms with E-state index in [9.17, 15) is 14.7 Å². The summed E-state index contributed by atoms with van der Waals surface area (Å²) in [6.07, 6.45) is 8.86. The number of H-pyrrole nitrogens is 1. The van der Waals surface area contributed by atoms with Crippen molar-refractivity contribution in [3.05, 3.63) is 26.7 Å². The zero-order valence-corrected chi connectivity index (χ0v) is 17.1. The molecule has 0 radical (unpaired) electrons. The Bertz CT molecular complexity index is 959. The van der Waals surface area contributed by atoms with Gasteiger partial charge in [0.05, 0.1) is 0 Å². The summed E-state index contributed by atoms with van der Waals surface area (Å²) in [5.41, 5.74) is 0.776. The van der Waals surface area contributed by atoms with E-state index in [4.69, 9.17) is 4.98 Å². The van der Waals surface area contributed by atoms with Gasteiger partial charge in [-0.15, -0.1) is 0 Å². The van der Waals surface area contributed by atoms with E-state index < -0.39 is 0 Å². The molecule has 2 aromatic rings. The van der Waals surface area contributed by atoms with Gasteiger partial charge in [-0.2, -0.15) is 0 Å². The predicted octanol–water partition coefficient (Wildman–Crippen LogP) is 2.68. The number of rotatable bonds is 7. The fourth-order valence-corrected chi connectivity index (χ4v) is 5.49. The second-order valence-corrected chi connectivity index (χ2v) is 8.93. The maximum atomic E-state index is 13.0. The molecular formula is C21H32N4O3. The molecule has 0 amide bonds. The van der Waals surface area contributed by atoms with Crippen molar-refractivity contribution in [1.29, 1.82) is 0 Å². The quantitative estimate of drug-likeness (QED) is 0.763. The summed E-state index contributed by atoms with van der Waals surface area (Å²) in [7, 11) is 0. The van der Waals surface area contributed by atoms with E-state index in [0.29, 0.717) is 29.7 Å². The van der Waals surface area contributed by atoms with Crippen molar-refractivity contribution in [3.8, 4) is 0 Å². The first-order valence-electron chi connectivity index (χ1n) is 10.8. The van der Waals surface area contributed by atoms with Crippen LogP contribution >= 0.6 is 0 Å². The molecule has 0 unspecified atom stereocenters. The summed E-state index contributed by atoms with van der Waals surface area (Å²) in [5.74, 6) is 0.885. The first kappa shape index (κ1) is 19.4. The number of aliphatic hydroxyl groups excluding tert-OH is 1. The van der Waals surface area contributed by atoms with E-state index in [2.05, 4.69) is 4.98 Å². The molecule has 7 nitrogen and oxygen atoms in total. The van der Waals surface area contributed by atoms with E-state index in [1.54, 1.807) is 4.57 Å². The number of hydrogen-bond donors (Lipinski definition) is 2. The molecule has 0 atom stereocenters. The largest absolute Gasteiger partial charge is 0.396 e. The molecule has 5 rings (SSSR count). The number of aryl methyl sites for hydroxylation is 1. The minimum atomic E-state index is -0.245. The third-order valence-corrected chi connectivity index (χ3v) is 7.30. The molecule has 0 spiro atoms. The first-order chi connectivity index (χ1) is 13.5. The number of aromatic nitrogens is 4. The van der Waals surface area contributed by atoms with Crippen LogP contribution in [0.1, 0.15) is 77.5 Å². The van der Waals surface area contributed by atoms with Crippen molar-refractivity contribution in [2.45, 2.75) is 90.1 Å². The second kappa shape index (κ2) is 7.17. The van der Waals surface area contributed by atoms with Crippen LogP contribution < -0.4 is 11.2 Å². The Hall–Kier alpha value is -1.89. The van der Waals surface area contributed by atoms with Gasteiger partial charge in [-0.1, -0.05) is 13.8 Å². The minimum absolute atomic E-state index is 0.0225. The third kappa shape index (κ3) is 2.86. The molecule has 3 aliphatic carbocycles. The van der Waals surface area contributed by atoms with Gasteiger partial charge in [-0.25, -0.2) is 9.78 Å². The fraction of sp³-hybridized carbons (Fsp3) is 0.762. The minimum Gasteiger partial charge on any atom is -0.396 e. The van der Waals surface area contributed by atoms with Crippen LogP contribution in [0.5, 0.6) is 0 Å². The molecule has 0 saturated heterocycles. The number of aromatic amines is 1. The Morgan fingerprint density at radius 2 is 1.61 bits per heavy atom. The van der Waals surface area contributed by atoms with Crippen LogP contribution in [-0.2, 0) is 18.5 Å². The Kier molecular flexibility index (Phi) is 4.98. The maximum absolute atomic E-state index is 13.0. The zero-order valence-electron chi connectivity index (χ0n) is 17.1. The second-order valence-electron chi connectivity index (χ2n) is 8.93. The van der Waals surface area contributed by atoms with Gasteiger partial charge in [0.1, 0.15) is 11.3 Å². The van der Waals surface area contributed by atoms with Crippen LogP contribution in [0.25, 0.3) is 11.2 Å². The Balaban J connectivity index is 1.81. The van der Waals surface area contributed by atoms with Gasteiger partial charge in [-0.05, 0) is 63.2 Å². The van der Waals surface area contributed by atoms with Gasteiger partial charge in [0.2, 0.25) is 0 Å². The van der Waals surface area contributed by atoms with Crippen LogP contribution in [0, 0.1) is 5.41 Å². The Morgan fingerprint density at radius 1 is 1.00 bits per heavy atom. The van der Waals surface area contributed by atoms with Crippen LogP contribution in [-0.4, -0.2) is 30.8 Å². The number of aliphatic hydroxyl groups is 1. The molecule has 3 saturated carbocycles. The highest BCUT2D eigenvalue weighted by atomic mass is 16.3. The van der Waals surface area contributed by atoms with Gasteiger partial charge < -0.3 is 10.1 Å².